The van der Waals surface area contributed by atoms with E-state index in [4.69, 9.17) is 21.1 Å². The van der Waals surface area contributed by atoms with E-state index < -0.39 is 5.60 Å². The number of pyridine rings is 2. The lowest BCUT2D eigenvalue weighted by molar-refractivity contribution is 0.0492. The van der Waals surface area contributed by atoms with Crippen molar-refractivity contribution in [1.29, 1.82) is 0 Å². The number of halogens is 1. The number of hydrogen-bond acceptors (Lipinski definition) is 6. The summed E-state index contributed by atoms with van der Waals surface area (Å²) in [5, 5.41) is 7.87. The number of aromatic amines is 1. The average molecular weight is 472 g/mol. The first-order valence-corrected chi connectivity index (χ1v) is 11.5. The Kier molecular flexibility index (Phi) is 6.65. The number of carbonyl (C=O) groups is 1. The molecule has 0 bridgehead atoms. The van der Waals surface area contributed by atoms with Crippen LogP contribution in [0.4, 0.5) is 10.6 Å². The predicted molar refractivity (Wildman–Crippen MR) is 130 cm³/mol. The maximum Gasteiger partial charge on any atom is 0.407 e. The second-order valence-electron chi connectivity index (χ2n) is 9.38. The van der Waals surface area contributed by atoms with Crippen LogP contribution in [0.25, 0.3) is 22.2 Å². The summed E-state index contributed by atoms with van der Waals surface area (Å²) in [5.74, 6) is 1.42. The summed E-state index contributed by atoms with van der Waals surface area (Å²) in [5.41, 5.74) is 2.21. The molecule has 1 amide bonds. The van der Waals surface area contributed by atoms with Gasteiger partial charge in [-0.3, -0.25) is 0 Å². The van der Waals surface area contributed by atoms with Gasteiger partial charge in [0.2, 0.25) is 0 Å². The molecule has 176 valence electrons. The van der Waals surface area contributed by atoms with Gasteiger partial charge in [0, 0.05) is 29.2 Å². The van der Waals surface area contributed by atoms with E-state index in [1.54, 1.807) is 13.3 Å². The fraction of sp³-hybridized carbons (Fsp3) is 0.458. The fourth-order valence-electron chi connectivity index (χ4n) is 4.13. The van der Waals surface area contributed by atoms with Crippen LogP contribution < -0.4 is 15.4 Å². The van der Waals surface area contributed by atoms with Crippen LogP contribution in [0.3, 0.4) is 0 Å². The summed E-state index contributed by atoms with van der Waals surface area (Å²) in [4.78, 5) is 24.1. The number of ether oxygens (including phenoxy) is 2. The minimum atomic E-state index is -0.495. The number of fused-ring (bicyclic) bond motifs is 1. The number of carbonyl (C=O) groups excluding carboxylic acids is 1. The summed E-state index contributed by atoms with van der Waals surface area (Å²) >= 11 is 6.36. The number of rotatable bonds is 5. The molecule has 3 aromatic rings. The second kappa shape index (κ2) is 9.47. The maximum absolute atomic E-state index is 12.0. The maximum atomic E-state index is 12.0. The molecule has 0 saturated heterocycles. The third-order valence-electron chi connectivity index (χ3n) is 5.65. The first-order valence-electron chi connectivity index (χ1n) is 11.2. The van der Waals surface area contributed by atoms with E-state index in [9.17, 15) is 4.79 Å². The van der Waals surface area contributed by atoms with Gasteiger partial charge < -0.3 is 25.1 Å². The lowest BCUT2D eigenvalue weighted by Gasteiger charge is -2.30. The van der Waals surface area contributed by atoms with Crippen LogP contribution in [-0.2, 0) is 4.74 Å². The number of hydrogen-bond donors (Lipinski definition) is 3. The van der Waals surface area contributed by atoms with Gasteiger partial charge in [-0.15, -0.1) is 0 Å². The standard InChI is InChI=1S/C24H30ClN5O3/c1-24(2,3)33-23(31)29-16-7-5-15(6-8-16)28-21-10-14(9-20(25)30-21)19-13-27-22-18(19)11-17(32-4)12-26-22/h9-13,15-16H,5-8H2,1-4H3,(H,26,27)(H,28,30)(H,29,31). The van der Waals surface area contributed by atoms with Crippen molar-refractivity contribution in [2.45, 2.75) is 64.1 Å². The van der Waals surface area contributed by atoms with Crippen LogP contribution in [0.15, 0.2) is 30.6 Å². The Balaban J connectivity index is 1.42. The first kappa shape index (κ1) is 23.2. The summed E-state index contributed by atoms with van der Waals surface area (Å²) < 4.78 is 10.7. The summed E-state index contributed by atoms with van der Waals surface area (Å²) in [6.07, 6.45) is 6.82. The van der Waals surface area contributed by atoms with Gasteiger partial charge >= 0.3 is 6.09 Å². The van der Waals surface area contributed by atoms with Gasteiger partial charge in [0.1, 0.15) is 28.0 Å². The normalized spacial score (nSPS) is 18.7. The van der Waals surface area contributed by atoms with Crippen molar-refractivity contribution in [3.63, 3.8) is 0 Å². The van der Waals surface area contributed by atoms with Gasteiger partial charge in [-0.2, -0.15) is 0 Å². The number of amides is 1. The Labute approximate surface area is 198 Å². The van der Waals surface area contributed by atoms with Gasteiger partial charge in [-0.1, -0.05) is 11.6 Å². The van der Waals surface area contributed by atoms with E-state index in [1.807, 2.05) is 45.2 Å². The molecule has 3 N–H and O–H groups in total. The van der Waals surface area contributed by atoms with E-state index >= 15 is 0 Å². The zero-order valence-electron chi connectivity index (χ0n) is 19.4. The number of aromatic nitrogens is 3. The third kappa shape index (κ3) is 5.87. The van der Waals surface area contributed by atoms with Crippen molar-refractivity contribution >= 4 is 34.5 Å². The molecule has 0 aromatic carbocycles. The Morgan fingerprint density at radius 1 is 1.15 bits per heavy atom. The number of alkyl carbamates (subject to hydrolysis) is 1. The molecular weight excluding hydrogens is 442 g/mol. The van der Waals surface area contributed by atoms with Crippen LogP contribution in [0.1, 0.15) is 46.5 Å². The highest BCUT2D eigenvalue weighted by Crippen LogP contribution is 2.33. The molecule has 4 rings (SSSR count). The molecule has 0 radical (unpaired) electrons. The molecular formula is C24H30ClN5O3. The molecule has 0 aliphatic heterocycles. The molecule has 0 spiro atoms. The number of nitrogens with one attached hydrogen (secondary N) is 3. The highest BCUT2D eigenvalue weighted by atomic mass is 35.5. The largest absolute Gasteiger partial charge is 0.495 e. The second-order valence-corrected chi connectivity index (χ2v) is 9.76. The smallest absolute Gasteiger partial charge is 0.407 e. The molecule has 33 heavy (non-hydrogen) atoms. The van der Waals surface area contributed by atoms with Gasteiger partial charge in [0.15, 0.2) is 0 Å². The van der Waals surface area contributed by atoms with Crippen LogP contribution in [0.2, 0.25) is 5.15 Å². The van der Waals surface area contributed by atoms with E-state index in [0.717, 1.165) is 53.7 Å². The molecule has 3 aromatic heterocycles. The minimum absolute atomic E-state index is 0.120. The van der Waals surface area contributed by atoms with Crippen molar-refractivity contribution in [2.24, 2.45) is 0 Å². The van der Waals surface area contributed by atoms with Crippen LogP contribution in [-0.4, -0.2) is 45.8 Å². The molecule has 1 fully saturated rings. The zero-order chi connectivity index (χ0) is 23.6. The van der Waals surface area contributed by atoms with Crippen LogP contribution >= 0.6 is 11.6 Å². The molecule has 1 aliphatic carbocycles. The molecule has 9 heteroatoms. The van der Waals surface area contributed by atoms with E-state index in [2.05, 4.69) is 25.6 Å². The summed E-state index contributed by atoms with van der Waals surface area (Å²) in [6, 6.07) is 6.17. The van der Waals surface area contributed by atoms with Gasteiger partial charge in [-0.05, 0) is 70.2 Å². The van der Waals surface area contributed by atoms with Crippen molar-refractivity contribution in [2.75, 3.05) is 12.4 Å². The number of methoxy groups -OCH3 is 1. The van der Waals surface area contributed by atoms with Crippen molar-refractivity contribution in [1.82, 2.24) is 20.3 Å². The van der Waals surface area contributed by atoms with E-state index in [1.165, 1.54) is 0 Å². The number of anilines is 1. The average Bonchev–Trinajstić information content (AvgIpc) is 3.16. The molecule has 8 nitrogen and oxygen atoms in total. The molecule has 0 unspecified atom stereocenters. The number of nitrogens with zero attached hydrogens (tertiary/aromatic N) is 2. The SMILES string of the molecule is COc1cnc2[nH]cc(-c3cc(Cl)nc(NC4CCC(NC(=O)OC(C)(C)C)CC4)c3)c2c1. The molecule has 3 heterocycles. The highest BCUT2D eigenvalue weighted by molar-refractivity contribution is 6.29. The summed E-state index contributed by atoms with van der Waals surface area (Å²) in [7, 11) is 1.62. The lowest BCUT2D eigenvalue weighted by atomic mass is 9.91. The van der Waals surface area contributed by atoms with E-state index in [0.29, 0.717) is 10.9 Å². The van der Waals surface area contributed by atoms with Crippen molar-refractivity contribution in [3.05, 3.63) is 35.7 Å². The predicted octanol–water partition coefficient (Wildman–Crippen LogP) is 5.53. The van der Waals surface area contributed by atoms with Gasteiger partial charge in [-0.25, -0.2) is 14.8 Å². The Morgan fingerprint density at radius 3 is 2.58 bits per heavy atom. The van der Waals surface area contributed by atoms with Gasteiger partial charge in [0.25, 0.3) is 0 Å². The van der Waals surface area contributed by atoms with Crippen molar-refractivity contribution in [3.8, 4) is 16.9 Å². The lowest BCUT2D eigenvalue weighted by Crippen LogP contribution is -2.42. The third-order valence-corrected chi connectivity index (χ3v) is 5.84. The highest BCUT2D eigenvalue weighted by Gasteiger charge is 2.25. The topological polar surface area (TPSA) is 101 Å². The Hall–Kier alpha value is -3.00. The van der Waals surface area contributed by atoms with E-state index in [-0.39, 0.29) is 18.2 Å². The Bertz CT molecular complexity index is 1130. The van der Waals surface area contributed by atoms with Gasteiger partial charge in [0.05, 0.1) is 13.3 Å². The fourth-order valence-corrected chi connectivity index (χ4v) is 4.34. The number of H-pyrrole nitrogens is 1. The van der Waals surface area contributed by atoms with Crippen LogP contribution in [0.5, 0.6) is 5.75 Å². The van der Waals surface area contributed by atoms with Crippen LogP contribution in [0, 0.1) is 0 Å². The molecule has 1 saturated carbocycles. The summed E-state index contributed by atoms with van der Waals surface area (Å²) in [6.45, 7) is 5.59. The minimum Gasteiger partial charge on any atom is -0.495 e. The molecule has 0 atom stereocenters. The monoisotopic (exact) mass is 471 g/mol. The quantitative estimate of drug-likeness (QED) is 0.422. The molecule has 1 aliphatic rings. The zero-order valence-corrected chi connectivity index (χ0v) is 20.1. The van der Waals surface area contributed by atoms with Crippen molar-refractivity contribution < 1.29 is 14.3 Å². The first-order chi connectivity index (χ1) is 15.7. The Morgan fingerprint density at radius 2 is 1.88 bits per heavy atom.